The Morgan fingerprint density at radius 1 is 0.943 bits per heavy atom. The van der Waals surface area contributed by atoms with E-state index in [4.69, 9.17) is 9.47 Å². The van der Waals surface area contributed by atoms with Gasteiger partial charge in [-0.05, 0) is 53.8 Å². The zero-order valence-electron chi connectivity index (χ0n) is 20.0. The summed E-state index contributed by atoms with van der Waals surface area (Å²) in [5, 5.41) is 2.96. The van der Waals surface area contributed by atoms with Gasteiger partial charge in [0.05, 0.1) is 20.0 Å². The fourth-order valence-electron chi connectivity index (χ4n) is 4.12. The highest BCUT2D eigenvalue weighted by Crippen LogP contribution is 2.38. The van der Waals surface area contributed by atoms with Crippen LogP contribution in [0.25, 0.3) is 0 Å². The van der Waals surface area contributed by atoms with E-state index in [0.717, 1.165) is 17.5 Å². The van der Waals surface area contributed by atoms with Crippen LogP contribution >= 0.6 is 11.8 Å². The zero-order valence-corrected chi connectivity index (χ0v) is 20.8. The van der Waals surface area contributed by atoms with Crippen LogP contribution in [-0.2, 0) is 17.6 Å². The quantitative estimate of drug-likeness (QED) is 0.454. The van der Waals surface area contributed by atoms with Crippen LogP contribution < -0.4 is 14.8 Å². The fraction of sp³-hybridized carbons (Fsp3) is 0.286. The van der Waals surface area contributed by atoms with Gasteiger partial charge in [0.25, 0.3) is 5.91 Å². The van der Waals surface area contributed by atoms with Crippen molar-refractivity contribution in [3.63, 3.8) is 0 Å². The summed E-state index contributed by atoms with van der Waals surface area (Å²) in [6.07, 6.45) is 1.51. The second-order valence-electron chi connectivity index (χ2n) is 8.30. The molecule has 1 atom stereocenters. The Morgan fingerprint density at radius 2 is 1.69 bits per heavy atom. The van der Waals surface area contributed by atoms with Gasteiger partial charge in [-0.25, -0.2) is 0 Å². The molecule has 1 N–H and O–H groups in total. The lowest BCUT2D eigenvalue weighted by Gasteiger charge is -2.24. The van der Waals surface area contributed by atoms with Gasteiger partial charge in [-0.15, -0.1) is 11.8 Å². The van der Waals surface area contributed by atoms with Gasteiger partial charge in [0.2, 0.25) is 5.91 Å². The largest absolute Gasteiger partial charge is 0.493 e. The van der Waals surface area contributed by atoms with Crippen LogP contribution in [0.4, 0.5) is 0 Å². The van der Waals surface area contributed by atoms with Crippen LogP contribution in [-0.4, -0.2) is 49.8 Å². The summed E-state index contributed by atoms with van der Waals surface area (Å²) >= 11 is 1.63. The van der Waals surface area contributed by atoms with Crippen molar-refractivity contribution in [1.82, 2.24) is 10.2 Å². The molecule has 35 heavy (non-hydrogen) atoms. The average molecular weight is 491 g/mol. The van der Waals surface area contributed by atoms with Gasteiger partial charge in [0, 0.05) is 18.7 Å². The van der Waals surface area contributed by atoms with Crippen LogP contribution in [0, 0.1) is 0 Å². The Morgan fingerprint density at radius 3 is 2.40 bits per heavy atom. The second-order valence-corrected chi connectivity index (χ2v) is 9.37. The van der Waals surface area contributed by atoms with Crippen molar-refractivity contribution in [3.8, 4) is 11.5 Å². The number of hydrogen-bond acceptors (Lipinski definition) is 5. The predicted octanol–water partition coefficient (Wildman–Crippen LogP) is 4.49. The Kier molecular flexibility index (Phi) is 8.32. The molecule has 1 heterocycles. The maximum absolute atomic E-state index is 12.6. The number of ether oxygens (including phenoxy) is 2. The summed E-state index contributed by atoms with van der Waals surface area (Å²) in [4.78, 5) is 27.1. The first-order valence-corrected chi connectivity index (χ1v) is 12.7. The molecule has 0 aliphatic carbocycles. The van der Waals surface area contributed by atoms with Crippen molar-refractivity contribution < 1.29 is 19.1 Å². The molecule has 1 unspecified atom stereocenters. The van der Waals surface area contributed by atoms with Gasteiger partial charge in [0.15, 0.2) is 11.5 Å². The summed E-state index contributed by atoms with van der Waals surface area (Å²) in [5.41, 5.74) is 3.91. The maximum Gasteiger partial charge on any atom is 0.251 e. The summed E-state index contributed by atoms with van der Waals surface area (Å²) in [5.74, 6) is 1.88. The SMILES string of the molecule is COc1ccc(CCNC(=O)c2ccc(C3SCC(=O)N3CCc3ccccc3)cc2)cc1OC. The minimum atomic E-state index is -0.117. The Balaban J connectivity index is 1.32. The molecule has 7 heteroatoms. The summed E-state index contributed by atoms with van der Waals surface area (Å²) in [7, 11) is 3.21. The summed E-state index contributed by atoms with van der Waals surface area (Å²) < 4.78 is 10.6. The second kappa shape index (κ2) is 11.8. The molecule has 1 aliphatic rings. The van der Waals surface area contributed by atoms with Crippen LogP contribution in [0.1, 0.15) is 32.4 Å². The Bertz CT molecular complexity index is 1150. The lowest BCUT2D eigenvalue weighted by molar-refractivity contribution is -0.128. The first kappa shape index (κ1) is 24.7. The zero-order chi connectivity index (χ0) is 24.6. The number of methoxy groups -OCH3 is 2. The van der Waals surface area contributed by atoms with Crippen molar-refractivity contribution in [2.75, 3.05) is 33.1 Å². The molecule has 1 fully saturated rings. The monoisotopic (exact) mass is 490 g/mol. The molecule has 3 aromatic rings. The highest BCUT2D eigenvalue weighted by atomic mass is 32.2. The molecule has 1 aliphatic heterocycles. The van der Waals surface area contributed by atoms with Crippen molar-refractivity contribution in [1.29, 1.82) is 0 Å². The van der Waals surface area contributed by atoms with Gasteiger partial charge in [-0.2, -0.15) is 0 Å². The molecule has 0 bridgehead atoms. The van der Waals surface area contributed by atoms with Crippen LogP contribution in [0.15, 0.2) is 72.8 Å². The van der Waals surface area contributed by atoms with E-state index in [1.807, 2.05) is 65.6 Å². The smallest absolute Gasteiger partial charge is 0.251 e. The minimum absolute atomic E-state index is 0.0200. The molecule has 1 saturated heterocycles. The molecular formula is C28H30N2O4S. The van der Waals surface area contributed by atoms with Gasteiger partial charge in [0.1, 0.15) is 5.37 Å². The van der Waals surface area contributed by atoms with Crippen molar-refractivity contribution in [3.05, 3.63) is 95.1 Å². The van der Waals surface area contributed by atoms with Crippen molar-refractivity contribution in [2.24, 2.45) is 0 Å². The first-order chi connectivity index (χ1) is 17.1. The van der Waals surface area contributed by atoms with E-state index < -0.39 is 0 Å². The first-order valence-electron chi connectivity index (χ1n) is 11.6. The molecule has 2 amide bonds. The van der Waals surface area contributed by atoms with E-state index in [0.29, 0.717) is 42.3 Å². The highest BCUT2D eigenvalue weighted by Gasteiger charge is 2.32. The third kappa shape index (κ3) is 6.17. The van der Waals surface area contributed by atoms with Gasteiger partial charge in [-0.3, -0.25) is 9.59 Å². The van der Waals surface area contributed by atoms with Crippen LogP contribution in [0.2, 0.25) is 0 Å². The normalized spacial score (nSPS) is 15.2. The lowest BCUT2D eigenvalue weighted by atomic mass is 10.1. The summed E-state index contributed by atoms with van der Waals surface area (Å²) in [6.45, 7) is 1.19. The molecule has 182 valence electrons. The van der Waals surface area contributed by atoms with Gasteiger partial charge in [-0.1, -0.05) is 48.5 Å². The molecule has 0 spiro atoms. The van der Waals surface area contributed by atoms with Crippen molar-refractivity contribution >= 4 is 23.6 Å². The van der Waals surface area contributed by atoms with E-state index in [1.54, 1.807) is 26.0 Å². The van der Waals surface area contributed by atoms with E-state index in [9.17, 15) is 9.59 Å². The Labute approximate surface area is 210 Å². The highest BCUT2D eigenvalue weighted by molar-refractivity contribution is 8.00. The number of thioether (sulfide) groups is 1. The third-order valence-electron chi connectivity index (χ3n) is 6.06. The van der Waals surface area contributed by atoms with E-state index in [1.165, 1.54) is 5.56 Å². The number of carbonyl (C=O) groups excluding carboxylic acids is 2. The molecule has 0 saturated carbocycles. The number of nitrogens with zero attached hydrogens (tertiary/aromatic N) is 1. The van der Waals surface area contributed by atoms with E-state index in [-0.39, 0.29) is 17.2 Å². The van der Waals surface area contributed by atoms with E-state index in [2.05, 4.69) is 17.4 Å². The lowest BCUT2D eigenvalue weighted by Crippen LogP contribution is -2.30. The van der Waals surface area contributed by atoms with Gasteiger partial charge < -0.3 is 19.7 Å². The predicted molar refractivity (Wildman–Crippen MR) is 139 cm³/mol. The number of nitrogens with one attached hydrogen (secondary N) is 1. The van der Waals surface area contributed by atoms with Crippen LogP contribution in [0.5, 0.6) is 11.5 Å². The van der Waals surface area contributed by atoms with E-state index >= 15 is 0 Å². The molecular weight excluding hydrogens is 460 g/mol. The summed E-state index contributed by atoms with van der Waals surface area (Å²) in [6, 6.07) is 23.5. The fourth-order valence-corrected chi connectivity index (χ4v) is 5.34. The molecule has 4 rings (SSSR count). The number of amides is 2. The number of rotatable bonds is 10. The number of benzene rings is 3. The number of carbonyl (C=O) groups is 2. The molecule has 0 radical (unpaired) electrons. The topological polar surface area (TPSA) is 67.9 Å². The average Bonchev–Trinajstić information content (AvgIpc) is 3.28. The molecule has 6 nitrogen and oxygen atoms in total. The Hall–Kier alpha value is -3.45. The van der Waals surface area contributed by atoms with Crippen LogP contribution in [0.3, 0.4) is 0 Å². The maximum atomic E-state index is 12.6. The molecule has 3 aromatic carbocycles. The minimum Gasteiger partial charge on any atom is -0.493 e. The van der Waals surface area contributed by atoms with Gasteiger partial charge >= 0.3 is 0 Å². The third-order valence-corrected chi connectivity index (χ3v) is 7.31. The standard InChI is InChI=1S/C28H30N2O4S/c1-33-24-13-8-21(18-25(24)34-2)14-16-29-27(32)22-9-11-23(12-10-22)28-30(26(31)19-35-28)17-15-20-6-4-3-5-7-20/h3-13,18,28H,14-17,19H2,1-2H3,(H,29,32). The molecule has 0 aromatic heterocycles. The number of hydrogen-bond donors (Lipinski definition) is 1. The van der Waals surface area contributed by atoms with Crippen molar-refractivity contribution in [2.45, 2.75) is 18.2 Å².